The smallest absolute Gasteiger partial charge is 0.238 e. The normalized spacial score (nSPS) is 14.2. The number of hydrogen-bond donors (Lipinski definition) is 1. The van der Waals surface area contributed by atoms with Gasteiger partial charge >= 0.3 is 0 Å². The second-order valence-electron chi connectivity index (χ2n) is 5.24. The molecule has 116 valence electrons. The number of fused-ring (bicyclic) bond motifs is 1. The minimum atomic E-state index is -3.69. The van der Waals surface area contributed by atoms with E-state index in [0.29, 0.717) is 11.6 Å². The average Bonchev–Trinajstić information content (AvgIpc) is 2.83. The van der Waals surface area contributed by atoms with Crippen LogP contribution in [0.4, 0.5) is 10.1 Å². The van der Waals surface area contributed by atoms with E-state index < -0.39 is 10.0 Å². The molecule has 1 aliphatic heterocycles. The first-order valence-corrected chi connectivity index (χ1v) is 8.61. The highest BCUT2D eigenvalue weighted by molar-refractivity contribution is 7.89. The van der Waals surface area contributed by atoms with Gasteiger partial charge in [-0.1, -0.05) is 17.7 Å². The van der Waals surface area contributed by atoms with Crippen LogP contribution in [-0.4, -0.2) is 15.0 Å². The second kappa shape index (κ2) is 5.53. The monoisotopic (exact) mass is 340 g/mol. The zero-order valence-electron chi connectivity index (χ0n) is 11.6. The van der Waals surface area contributed by atoms with Crippen molar-refractivity contribution in [2.45, 2.75) is 17.9 Å². The summed E-state index contributed by atoms with van der Waals surface area (Å²) in [7, 11) is -3.69. The number of halogens is 2. The molecule has 3 rings (SSSR count). The lowest BCUT2D eigenvalue weighted by atomic mass is 10.1. The summed E-state index contributed by atoms with van der Waals surface area (Å²) in [4.78, 5) is 2.20. The van der Waals surface area contributed by atoms with Gasteiger partial charge in [-0.05, 0) is 47.9 Å². The number of anilines is 1. The third-order valence-electron chi connectivity index (χ3n) is 3.75. The molecule has 4 nitrogen and oxygen atoms in total. The Bertz CT molecular complexity index is 839. The van der Waals surface area contributed by atoms with Crippen molar-refractivity contribution < 1.29 is 12.8 Å². The summed E-state index contributed by atoms with van der Waals surface area (Å²) in [6.45, 7) is 1.29. The van der Waals surface area contributed by atoms with Gasteiger partial charge in [0.25, 0.3) is 0 Å². The quantitative estimate of drug-likeness (QED) is 0.934. The van der Waals surface area contributed by atoms with E-state index in [2.05, 4.69) is 4.90 Å². The summed E-state index contributed by atoms with van der Waals surface area (Å²) in [6.07, 6.45) is 0.734. The molecule has 2 N–H and O–H groups in total. The molecule has 0 amide bonds. The van der Waals surface area contributed by atoms with Gasteiger partial charge in [-0.2, -0.15) is 0 Å². The summed E-state index contributed by atoms with van der Waals surface area (Å²) >= 11 is 6.06. The van der Waals surface area contributed by atoms with Gasteiger partial charge in [-0.25, -0.2) is 17.9 Å². The van der Waals surface area contributed by atoms with Crippen molar-refractivity contribution in [2.24, 2.45) is 5.14 Å². The van der Waals surface area contributed by atoms with E-state index in [1.807, 2.05) is 0 Å². The SMILES string of the molecule is NS(=O)(=O)c1ccc2c(c1)CCN2Cc1ccc(F)cc1Cl. The molecule has 0 saturated heterocycles. The Morgan fingerprint density at radius 2 is 2.00 bits per heavy atom. The maximum absolute atomic E-state index is 13.1. The van der Waals surface area contributed by atoms with Crippen LogP contribution in [0.25, 0.3) is 0 Å². The summed E-state index contributed by atoms with van der Waals surface area (Å²) in [5.74, 6) is -0.367. The van der Waals surface area contributed by atoms with Gasteiger partial charge in [-0.15, -0.1) is 0 Å². The minimum absolute atomic E-state index is 0.118. The van der Waals surface area contributed by atoms with Gasteiger partial charge in [0.1, 0.15) is 5.82 Å². The van der Waals surface area contributed by atoms with Crippen LogP contribution >= 0.6 is 11.6 Å². The molecule has 7 heteroatoms. The molecule has 0 unspecified atom stereocenters. The van der Waals surface area contributed by atoms with Gasteiger partial charge in [0, 0.05) is 23.8 Å². The van der Waals surface area contributed by atoms with Crippen LogP contribution in [0.15, 0.2) is 41.3 Å². The lowest BCUT2D eigenvalue weighted by Crippen LogP contribution is -2.20. The van der Waals surface area contributed by atoms with Crippen molar-refractivity contribution in [3.63, 3.8) is 0 Å². The molecule has 0 saturated carbocycles. The summed E-state index contributed by atoms with van der Waals surface area (Å²) in [5, 5.41) is 5.53. The molecule has 0 spiro atoms. The molecule has 1 aliphatic rings. The molecule has 1 heterocycles. The highest BCUT2D eigenvalue weighted by Crippen LogP contribution is 2.32. The van der Waals surface area contributed by atoms with Gasteiger partial charge in [0.2, 0.25) is 10.0 Å². The average molecular weight is 341 g/mol. The Morgan fingerprint density at radius 1 is 1.23 bits per heavy atom. The molecule has 22 heavy (non-hydrogen) atoms. The van der Waals surface area contributed by atoms with Gasteiger partial charge < -0.3 is 4.90 Å². The maximum atomic E-state index is 13.1. The van der Waals surface area contributed by atoms with Crippen LogP contribution in [0, 0.1) is 5.82 Å². The van der Waals surface area contributed by atoms with Gasteiger partial charge in [-0.3, -0.25) is 0 Å². The molecular formula is C15H14ClFN2O2S. The Kier molecular flexibility index (Phi) is 3.84. The van der Waals surface area contributed by atoms with E-state index in [0.717, 1.165) is 29.8 Å². The molecule has 0 radical (unpaired) electrons. The Hall–Kier alpha value is -1.63. The van der Waals surface area contributed by atoms with Crippen molar-refractivity contribution in [3.05, 3.63) is 58.4 Å². The van der Waals surface area contributed by atoms with Crippen LogP contribution in [0.5, 0.6) is 0 Å². The molecule has 2 aromatic carbocycles. The van der Waals surface area contributed by atoms with Gasteiger partial charge in [0.05, 0.1) is 4.90 Å². The van der Waals surface area contributed by atoms with Crippen molar-refractivity contribution >= 4 is 27.3 Å². The number of rotatable bonds is 3. The summed E-state index contributed by atoms with van der Waals surface area (Å²) in [6, 6.07) is 9.18. The Balaban J connectivity index is 1.89. The molecular weight excluding hydrogens is 327 g/mol. The maximum Gasteiger partial charge on any atom is 0.238 e. The number of benzene rings is 2. The molecule has 0 atom stereocenters. The second-order valence-corrected chi connectivity index (χ2v) is 7.21. The zero-order valence-corrected chi connectivity index (χ0v) is 13.2. The predicted molar refractivity (Wildman–Crippen MR) is 84.0 cm³/mol. The Labute approximate surface area is 133 Å². The lowest BCUT2D eigenvalue weighted by Gasteiger charge is -2.20. The van der Waals surface area contributed by atoms with Crippen LogP contribution in [0.3, 0.4) is 0 Å². The molecule has 0 aromatic heterocycles. The number of sulfonamides is 1. The fourth-order valence-corrected chi connectivity index (χ4v) is 3.43. The van der Waals surface area contributed by atoms with Crippen molar-refractivity contribution in [1.29, 1.82) is 0 Å². The standard InChI is InChI=1S/C15H14ClFN2O2S/c16-14-8-12(17)2-1-11(14)9-19-6-5-10-7-13(22(18,20)21)3-4-15(10)19/h1-4,7-8H,5-6,9H2,(H2,18,20,21). The first kappa shape index (κ1) is 15.3. The van der Waals surface area contributed by atoms with Crippen LogP contribution in [-0.2, 0) is 23.0 Å². The van der Waals surface area contributed by atoms with E-state index in [9.17, 15) is 12.8 Å². The third kappa shape index (κ3) is 2.95. The lowest BCUT2D eigenvalue weighted by molar-refractivity contribution is 0.597. The van der Waals surface area contributed by atoms with E-state index in [-0.39, 0.29) is 10.7 Å². The summed E-state index contributed by atoms with van der Waals surface area (Å²) in [5.41, 5.74) is 2.71. The van der Waals surface area contributed by atoms with E-state index in [1.165, 1.54) is 18.2 Å². The van der Waals surface area contributed by atoms with Crippen molar-refractivity contribution in [1.82, 2.24) is 0 Å². The topological polar surface area (TPSA) is 63.4 Å². The highest BCUT2D eigenvalue weighted by atomic mass is 35.5. The van der Waals surface area contributed by atoms with E-state index in [4.69, 9.17) is 16.7 Å². The number of nitrogens with zero attached hydrogens (tertiary/aromatic N) is 1. The van der Waals surface area contributed by atoms with Crippen molar-refractivity contribution in [2.75, 3.05) is 11.4 Å². The number of nitrogens with two attached hydrogens (primary N) is 1. The largest absolute Gasteiger partial charge is 0.367 e. The zero-order chi connectivity index (χ0) is 15.9. The van der Waals surface area contributed by atoms with Gasteiger partial charge in [0.15, 0.2) is 0 Å². The Morgan fingerprint density at radius 3 is 2.68 bits per heavy atom. The molecule has 0 bridgehead atoms. The van der Waals surface area contributed by atoms with Crippen molar-refractivity contribution in [3.8, 4) is 0 Å². The minimum Gasteiger partial charge on any atom is -0.367 e. The van der Waals surface area contributed by atoms with Crippen LogP contribution in [0.1, 0.15) is 11.1 Å². The molecule has 0 aliphatic carbocycles. The first-order valence-electron chi connectivity index (χ1n) is 6.69. The van der Waals surface area contributed by atoms with E-state index in [1.54, 1.807) is 18.2 Å². The predicted octanol–water partition coefficient (Wildman–Crippen LogP) is 2.69. The first-order chi connectivity index (χ1) is 10.3. The number of hydrogen-bond acceptors (Lipinski definition) is 3. The summed E-state index contributed by atoms with van der Waals surface area (Å²) < 4.78 is 35.9. The number of primary sulfonamides is 1. The fraction of sp³-hybridized carbons (Fsp3) is 0.200. The van der Waals surface area contributed by atoms with E-state index >= 15 is 0 Å². The van der Waals surface area contributed by atoms with Crippen LogP contribution in [0.2, 0.25) is 5.02 Å². The fourth-order valence-electron chi connectivity index (χ4n) is 2.64. The molecule has 2 aromatic rings. The molecule has 0 fully saturated rings. The third-order valence-corrected chi connectivity index (χ3v) is 5.01. The highest BCUT2D eigenvalue weighted by Gasteiger charge is 2.22. The van der Waals surface area contributed by atoms with Crippen LogP contribution < -0.4 is 10.0 Å².